The van der Waals surface area contributed by atoms with Gasteiger partial charge in [-0.3, -0.25) is 0 Å². The molecule has 1 aromatic heterocycles. The lowest BCUT2D eigenvalue weighted by atomic mass is 10.0. The monoisotopic (exact) mass is 516 g/mol. The van der Waals surface area contributed by atoms with Crippen molar-refractivity contribution in [3.63, 3.8) is 0 Å². The summed E-state index contributed by atoms with van der Waals surface area (Å²) in [5, 5.41) is 0. The number of benzene rings is 3. The molecule has 0 aliphatic carbocycles. The zero-order valence-electron chi connectivity index (χ0n) is 21.7. The molecule has 1 heterocycles. The van der Waals surface area contributed by atoms with Crippen LogP contribution < -0.4 is 4.74 Å². The summed E-state index contributed by atoms with van der Waals surface area (Å²) < 4.78 is 49.6. The van der Waals surface area contributed by atoms with Gasteiger partial charge in [0.1, 0.15) is 0 Å². The van der Waals surface area contributed by atoms with Crippen LogP contribution in [0.2, 0.25) is 0 Å². The van der Waals surface area contributed by atoms with Crippen LogP contribution in [0.1, 0.15) is 56.0 Å². The maximum Gasteiger partial charge on any atom is 0.167 e. The SMILES string of the molecule is CCCCCCCOc1ccc(-c2cnc(/C=C/c3ccc(-c4ccc(C)cc4)c(F)c3F)nc2)cc1F. The fourth-order valence-electron chi connectivity index (χ4n) is 4.07. The highest BCUT2D eigenvalue weighted by molar-refractivity contribution is 5.72. The van der Waals surface area contributed by atoms with Crippen molar-refractivity contribution in [2.45, 2.75) is 46.0 Å². The third kappa shape index (κ3) is 6.88. The lowest BCUT2D eigenvalue weighted by Gasteiger charge is -2.09. The number of rotatable bonds is 11. The maximum atomic E-state index is 14.7. The Morgan fingerprint density at radius 2 is 1.45 bits per heavy atom. The molecule has 0 N–H and O–H groups in total. The summed E-state index contributed by atoms with van der Waals surface area (Å²) in [6.45, 7) is 4.59. The second kappa shape index (κ2) is 13.0. The highest BCUT2D eigenvalue weighted by atomic mass is 19.2. The normalized spacial score (nSPS) is 11.3. The summed E-state index contributed by atoms with van der Waals surface area (Å²) in [5.74, 6) is -1.73. The van der Waals surface area contributed by atoms with E-state index in [1.165, 1.54) is 43.5 Å². The van der Waals surface area contributed by atoms with Crippen molar-refractivity contribution in [2.75, 3.05) is 6.61 Å². The van der Waals surface area contributed by atoms with Crippen molar-refractivity contribution in [2.24, 2.45) is 0 Å². The van der Waals surface area contributed by atoms with Crippen LogP contribution >= 0.6 is 0 Å². The standard InChI is InChI=1S/C32H31F3N2O/c1-3-4-5-6-7-18-38-29-16-13-25(19-28(29)33)26-20-36-30(37-21-26)17-14-24-12-15-27(32(35)31(24)34)23-10-8-22(2)9-11-23/h8-17,19-21H,3-7,18H2,1-2H3/b17-14+. The van der Waals surface area contributed by atoms with E-state index in [-0.39, 0.29) is 16.9 Å². The number of ether oxygens (including phenoxy) is 1. The number of nitrogens with zero attached hydrogens (tertiary/aromatic N) is 2. The van der Waals surface area contributed by atoms with Crippen LogP contribution in [0, 0.1) is 24.4 Å². The summed E-state index contributed by atoms with van der Waals surface area (Å²) in [5.41, 5.74) is 3.20. The Kier molecular flexibility index (Phi) is 9.30. The molecule has 0 amide bonds. The molecule has 0 saturated heterocycles. The van der Waals surface area contributed by atoms with Crippen molar-refractivity contribution in [3.8, 4) is 28.0 Å². The lowest BCUT2D eigenvalue weighted by Crippen LogP contribution is -1.99. The number of halogens is 3. The minimum absolute atomic E-state index is 0.0917. The van der Waals surface area contributed by atoms with Crippen LogP contribution in [0.4, 0.5) is 13.2 Å². The molecule has 196 valence electrons. The number of aromatic nitrogens is 2. The van der Waals surface area contributed by atoms with E-state index in [0.717, 1.165) is 18.4 Å². The molecule has 0 fully saturated rings. The molecule has 0 aliphatic rings. The predicted octanol–water partition coefficient (Wildman–Crippen LogP) is 9.06. The van der Waals surface area contributed by atoms with Crippen molar-refractivity contribution >= 4 is 12.2 Å². The van der Waals surface area contributed by atoms with E-state index in [2.05, 4.69) is 16.9 Å². The molecule has 0 radical (unpaired) electrons. The van der Waals surface area contributed by atoms with Gasteiger partial charge in [-0.15, -0.1) is 0 Å². The first-order valence-electron chi connectivity index (χ1n) is 12.9. The fourth-order valence-corrected chi connectivity index (χ4v) is 4.07. The smallest absolute Gasteiger partial charge is 0.167 e. The van der Waals surface area contributed by atoms with Crippen molar-refractivity contribution < 1.29 is 17.9 Å². The van der Waals surface area contributed by atoms with Gasteiger partial charge >= 0.3 is 0 Å². The molecule has 38 heavy (non-hydrogen) atoms. The molecule has 4 aromatic rings. The maximum absolute atomic E-state index is 14.7. The van der Waals surface area contributed by atoms with Crippen LogP contribution in [-0.4, -0.2) is 16.6 Å². The summed E-state index contributed by atoms with van der Waals surface area (Å²) in [7, 11) is 0. The van der Waals surface area contributed by atoms with Gasteiger partial charge in [0.05, 0.1) is 6.61 Å². The molecular weight excluding hydrogens is 485 g/mol. The minimum atomic E-state index is -0.935. The topological polar surface area (TPSA) is 35.0 Å². The summed E-state index contributed by atoms with van der Waals surface area (Å²) in [6, 6.07) is 15.1. The van der Waals surface area contributed by atoms with Crippen LogP contribution in [0.3, 0.4) is 0 Å². The fraction of sp³-hybridized carbons (Fsp3) is 0.250. The lowest BCUT2D eigenvalue weighted by molar-refractivity contribution is 0.290. The van der Waals surface area contributed by atoms with E-state index in [4.69, 9.17) is 4.74 Å². The van der Waals surface area contributed by atoms with Crippen molar-refractivity contribution in [1.82, 2.24) is 9.97 Å². The average molecular weight is 517 g/mol. The van der Waals surface area contributed by atoms with E-state index in [1.54, 1.807) is 42.7 Å². The highest BCUT2D eigenvalue weighted by Gasteiger charge is 2.13. The van der Waals surface area contributed by atoms with Crippen LogP contribution in [0.25, 0.3) is 34.4 Å². The third-order valence-electron chi connectivity index (χ3n) is 6.33. The largest absolute Gasteiger partial charge is 0.491 e. The molecule has 0 bridgehead atoms. The number of aryl methyl sites for hydroxylation is 1. The van der Waals surface area contributed by atoms with Gasteiger partial charge in [0, 0.05) is 29.1 Å². The van der Waals surface area contributed by atoms with Gasteiger partial charge in [-0.25, -0.2) is 23.1 Å². The minimum Gasteiger partial charge on any atom is -0.491 e. The first kappa shape index (κ1) is 27.1. The molecule has 6 heteroatoms. The molecule has 0 saturated carbocycles. The number of unbranched alkanes of at least 4 members (excludes halogenated alkanes) is 4. The Hall–Kier alpha value is -3.93. The van der Waals surface area contributed by atoms with E-state index in [0.29, 0.717) is 29.1 Å². The van der Waals surface area contributed by atoms with Gasteiger partial charge in [-0.05, 0) is 48.8 Å². The van der Waals surface area contributed by atoms with E-state index in [1.807, 2.05) is 19.1 Å². The van der Waals surface area contributed by atoms with E-state index in [9.17, 15) is 13.2 Å². The second-order valence-corrected chi connectivity index (χ2v) is 9.27. The molecular formula is C32H31F3N2O. The van der Waals surface area contributed by atoms with Gasteiger partial charge in [0.25, 0.3) is 0 Å². The first-order valence-corrected chi connectivity index (χ1v) is 12.9. The average Bonchev–Trinajstić information content (AvgIpc) is 2.93. The van der Waals surface area contributed by atoms with Crippen LogP contribution in [-0.2, 0) is 0 Å². The van der Waals surface area contributed by atoms with Crippen molar-refractivity contribution in [1.29, 1.82) is 0 Å². The van der Waals surface area contributed by atoms with E-state index >= 15 is 0 Å². The quantitative estimate of drug-likeness (QED) is 0.187. The summed E-state index contributed by atoms with van der Waals surface area (Å²) >= 11 is 0. The molecule has 4 rings (SSSR count). The Morgan fingerprint density at radius 3 is 2.16 bits per heavy atom. The Labute approximate surface area is 222 Å². The molecule has 0 aliphatic heterocycles. The van der Waals surface area contributed by atoms with Crippen LogP contribution in [0.5, 0.6) is 5.75 Å². The van der Waals surface area contributed by atoms with Gasteiger partial charge in [0.2, 0.25) is 0 Å². The Balaban J connectivity index is 1.40. The predicted molar refractivity (Wildman–Crippen MR) is 147 cm³/mol. The van der Waals surface area contributed by atoms with Gasteiger partial charge in [0.15, 0.2) is 29.0 Å². The zero-order valence-corrected chi connectivity index (χ0v) is 21.7. The van der Waals surface area contributed by atoms with Gasteiger partial charge in [-0.1, -0.05) is 80.6 Å². The van der Waals surface area contributed by atoms with Crippen LogP contribution in [0.15, 0.2) is 67.0 Å². The first-order chi connectivity index (χ1) is 18.5. The third-order valence-corrected chi connectivity index (χ3v) is 6.33. The number of hydrogen-bond acceptors (Lipinski definition) is 3. The summed E-state index contributed by atoms with van der Waals surface area (Å²) in [4.78, 5) is 8.53. The molecule has 0 spiro atoms. The molecule has 3 nitrogen and oxygen atoms in total. The van der Waals surface area contributed by atoms with Gasteiger partial charge in [-0.2, -0.15) is 0 Å². The molecule has 3 aromatic carbocycles. The van der Waals surface area contributed by atoms with Crippen molar-refractivity contribution in [3.05, 3.63) is 101 Å². The molecule has 0 atom stereocenters. The second-order valence-electron chi connectivity index (χ2n) is 9.27. The highest BCUT2D eigenvalue weighted by Crippen LogP contribution is 2.28. The van der Waals surface area contributed by atoms with Gasteiger partial charge < -0.3 is 4.74 Å². The van der Waals surface area contributed by atoms with E-state index < -0.39 is 17.5 Å². The number of hydrogen-bond donors (Lipinski definition) is 0. The molecule has 0 unspecified atom stereocenters. The zero-order chi connectivity index (χ0) is 26.9. The Morgan fingerprint density at radius 1 is 0.737 bits per heavy atom. The Bertz CT molecular complexity index is 1380. The summed E-state index contributed by atoms with van der Waals surface area (Å²) in [6.07, 6.45) is 11.6.